The van der Waals surface area contributed by atoms with E-state index in [2.05, 4.69) is 153 Å². The van der Waals surface area contributed by atoms with Crippen LogP contribution in [0.25, 0.3) is 0 Å². The quantitative estimate of drug-likeness (QED) is 0.126. The number of fused-ring (bicyclic) bond motifs is 6. The molecule has 3 aromatic carbocycles. The van der Waals surface area contributed by atoms with Gasteiger partial charge in [0, 0.05) is 41.7 Å². The van der Waals surface area contributed by atoms with Crippen molar-refractivity contribution in [1.82, 2.24) is 44.9 Å². The van der Waals surface area contributed by atoms with E-state index in [1.165, 1.54) is 106 Å². The highest BCUT2D eigenvalue weighted by molar-refractivity contribution is 5.92. The predicted octanol–water partition coefficient (Wildman–Crippen LogP) is 15.5. The van der Waals surface area contributed by atoms with Gasteiger partial charge in [0.25, 0.3) is 11.8 Å². The fraction of sp³-hybridized carbons (Fsp3) is 0.691. The summed E-state index contributed by atoms with van der Waals surface area (Å²) in [5.74, 6) is -0.0524. The number of nitrogens with one attached hydrogen (secondary N) is 2. The van der Waals surface area contributed by atoms with Crippen molar-refractivity contribution in [2.24, 2.45) is 23.3 Å². The molecule has 5 fully saturated rings. The Morgan fingerprint density at radius 3 is 1.60 bits per heavy atom. The van der Waals surface area contributed by atoms with E-state index in [0.717, 1.165) is 133 Å². The van der Waals surface area contributed by atoms with Gasteiger partial charge in [-0.3, -0.25) is 23.9 Å². The van der Waals surface area contributed by atoms with E-state index in [9.17, 15) is 23.6 Å². The number of carbonyl (C=O) groups excluding carboxylic acids is 4. The summed E-state index contributed by atoms with van der Waals surface area (Å²) in [7, 11) is 1.84. The summed E-state index contributed by atoms with van der Waals surface area (Å²) in [6.45, 7) is 39.3. The van der Waals surface area contributed by atoms with Gasteiger partial charge >= 0.3 is 0 Å². The molecule has 5 aliphatic heterocycles. The number of piperidine rings is 4. The average molecular weight is 1320 g/mol. The van der Waals surface area contributed by atoms with Gasteiger partial charge < -0.3 is 39.9 Å². The van der Waals surface area contributed by atoms with E-state index in [0.29, 0.717) is 34.9 Å². The number of nitrogens with zero attached hydrogens (tertiary/aromatic N) is 7. The molecule has 15 heteroatoms. The van der Waals surface area contributed by atoms with Crippen molar-refractivity contribution >= 4 is 23.6 Å². The number of hydrogen-bond donors (Lipinski definition) is 2. The second-order valence-corrected chi connectivity index (χ2v) is 34.1. The van der Waals surface area contributed by atoms with Crippen LogP contribution in [-0.4, -0.2) is 149 Å². The molecular weight excluding hydrogens is 1200 g/mol. The molecule has 5 atom stereocenters. The van der Waals surface area contributed by atoms with Crippen LogP contribution < -0.4 is 10.6 Å². The second-order valence-electron chi connectivity index (χ2n) is 34.1. The molecule has 0 bridgehead atoms. The normalized spacial score (nSPS) is 23.8. The molecule has 12 rings (SSSR count). The van der Waals surface area contributed by atoms with Crippen LogP contribution in [0.15, 0.2) is 72.8 Å². The molecule has 14 nitrogen and oxygen atoms in total. The minimum Gasteiger partial charge on any atom is -0.368 e. The topological polar surface area (TPSA) is 136 Å². The lowest BCUT2D eigenvalue weighted by atomic mass is 9.63. The number of likely N-dealkylation sites (tertiary alicyclic amines) is 4. The number of aryl methyl sites for hydroxylation is 2. The lowest BCUT2D eigenvalue weighted by Gasteiger charge is -2.49. The maximum Gasteiger partial charge on any atom is 0.272 e. The Labute approximate surface area is 580 Å². The molecule has 0 radical (unpaired) electrons. The molecule has 532 valence electrons. The Balaban J connectivity index is 0.000000186. The first kappa shape index (κ1) is 73.2. The number of carbonyl (C=O) groups is 4. The minimum atomic E-state index is -0.396. The highest BCUT2D eigenvalue weighted by Gasteiger charge is 2.47. The second kappa shape index (κ2) is 31.0. The Bertz CT molecular complexity index is 3270. The molecular formula is C81H126FN9O5. The third-order valence-corrected chi connectivity index (χ3v) is 23.8. The first-order valence-electron chi connectivity index (χ1n) is 37.6. The van der Waals surface area contributed by atoms with Crippen molar-refractivity contribution in [3.8, 4) is 0 Å². The SMILES string of the molecule is CCN(C(=O)C1CCCO1)[C@H]1CCC2(CCN(CCC(C)(C)C)CC2)c2ccccc21.C[C@H](C(=O)N[C@H]1CCC2(CCN(CCC(C)(C)C)CC2)c2ccccc21)N1CCCCC1=O.Cc1cc(C(=O)N[C@@H]2CCC3(CCN(CCC(C)(C)C)CC3)c3cc(F)ccc32)nn1C.[HH].[HH]. The Kier molecular flexibility index (Phi) is 23.6. The number of amides is 4. The van der Waals surface area contributed by atoms with Gasteiger partial charge in [-0.15, -0.1) is 0 Å². The number of ether oxygens (including phenoxy) is 1. The molecule has 1 aromatic heterocycles. The maximum absolute atomic E-state index is 14.4. The van der Waals surface area contributed by atoms with Crippen LogP contribution in [0.1, 0.15) is 275 Å². The lowest BCUT2D eigenvalue weighted by Crippen LogP contribution is -2.51. The smallest absolute Gasteiger partial charge is 0.272 e. The first-order chi connectivity index (χ1) is 45.6. The van der Waals surface area contributed by atoms with E-state index in [1.54, 1.807) is 21.7 Å². The molecule has 2 N–H and O–H groups in total. The number of aromatic nitrogens is 2. The Morgan fingerprint density at radius 2 is 1.11 bits per heavy atom. The van der Waals surface area contributed by atoms with Crippen molar-refractivity contribution in [3.05, 3.63) is 123 Å². The van der Waals surface area contributed by atoms with Gasteiger partial charge in [0.05, 0.1) is 18.1 Å². The van der Waals surface area contributed by atoms with Crippen molar-refractivity contribution in [2.75, 3.05) is 78.6 Å². The highest BCUT2D eigenvalue weighted by atomic mass is 19.1. The zero-order valence-electron chi connectivity index (χ0n) is 61.5. The summed E-state index contributed by atoms with van der Waals surface area (Å²) in [6, 6.07) is 24.5. The van der Waals surface area contributed by atoms with Crippen molar-refractivity contribution in [3.63, 3.8) is 0 Å². The number of halogens is 1. The third kappa shape index (κ3) is 17.7. The highest BCUT2D eigenvalue weighted by Crippen LogP contribution is 2.52. The fourth-order valence-corrected chi connectivity index (χ4v) is 17.3. The zero-order chi connectivity index (χ0) is 68.8. The number of hydrogen-bond acceptors (Lipinski definition) is 9. The summed E-state index contributed by atoms with van der Waals surface area (Å²) in [6.07, 6.45) is 21.0. The number of rotatable bonds is 14. The summed E-state index contributed by atoms with van der Waals surface area (Å²) in [4.78, 5) is 63.3. The summed E-state index contributed by atoms with van der Waals surface area (Å²) < 4.78 is 21.8. The molecule has 5 saturated heterocycles. The molecule has 4 amide bonds. The van der Waals surface area contributed by atoms with Gasteiger partial charge in [-0.1, -0.05) is 117 Å². The van der Waals surface area contributed by atoms with Crippen LogP contribution in [0, 0.1) is 29.0 Å². The van der Waals surface area contributed by atoms with Gasteiger partial charge in [0.2, 0.25) is 11.8 Å². The monoisotopic (exact) mass is 1320 g/mol. The van der Waals surface area contributed by atoms with Crippen LogP contribution in [-0.2, 0) is 42.4 Å². The van der Waals surface area contributed by atoms with E-state index >= 15 is 0 Å². The van der Waals surface area contributed by atoms with Crippen LogP contribution >= 0.6 is 0 Å². The standard InChI is InChI=1S/C28H43N3O2.C27H42N2O2.C26H37FN4O.2H2/c1-21(31-17-8-7-11-25(31)32)26(33)29-24-12-13-28(23-10-6-5-9-22(23)24)15-19-30(20-16-28)18-14-27(2,3)4;1-5-29(25(30)24-11-8-20-31-24)23-12-13-27(22-10-7-6-9-21(22)23)15-18-28(19-16-27)17-14-26(2,3)4;1-18-16-23(29-30(18)5)24(32)28-22-8-9-26(21-17-19(27)6-7-20(21)22)11-14-31(15-12-26)13-10-25(2,3)4;;/h5-6,9-10,21,24H,7-8,11-20H2,1-4H3,(H,29,33);6-7,9-10,23-24H,5,8,11-20H2,1-4H3;6-7,16-17,22H,8-15H2,1-5H3,(H,28,32);2*1H/t21-,24+;23-,24?;22-;;/m101../s1. The maximum atomic E-state index is 14.4. The van der Waals surface area contributed by atoms with Crippen molar-refractivity contribution in [2.45, 2.75) is 258 Å². The van der Waals surface area contributed by atoms with E-state index in [1.807, 2.05) is 27.0 Å². The molecule has 8 aliphatic rings. The van der Waals surface area contributed by atoms with E-state index in [-0.39, 0.29) is 72.8 Å². The summed E-state index contributed by atoms with van der Waals surface area (Å²) >= 11 is 0. The molecule has 1 unspecified atom stereocenters. The molecule has 0 saturated carbocycles. The average Bonchev–Trinajstić information content (AvgIpc) is 1.21. The van der Waals surface area contributed by atoms with E-state index < -0.39 is 6.04 Å². The Hall–Kier alpha value is -5.48. The van der Waals surface area contributed by atoms with Gasteiger partial charge in [0.15, 0.2) is 0 Å². The molecule has 6 heterocycles. The third-order valence-electron chi connectivity index (χ3n) is 23.8. The first-order valence-corrected chi connectivity index (χ1v) is 37.6. The summed E-state index contributed by atoms with van der Waals surface area (Å²) in [5, 5.41) is 10.8. The molecule has 4 aromatic rings. The minimum absolute atomic E-state index is 0. The van der Waals surface area contributed by atoms with Gasteiger partial charge in [-0.25, -0.2) is 4.39 Å². The molecule has 96 heavy (non-hydrogen) atoms. The Morgan fingerprint density at radius 1 is 0.625 bits per heavy atom. The van der Waals surface area contributed by atoms with Crippen LogP contribution in [0.5, 0.6) is 0 Å². The lowest BCUT2D eigenvalue weighted by molar-refractivity contribution is -0.144. The summed E-state index contributed by atoms with van der Waals surface area (Å²) in [5.41, 5.74) is 10.9. The van der Waals surface area contributed by atoms with Gasteiger partial charge in [-0.05, 0) is 286 Å². The van der Waals surface area contributed by atoms with Crippen LogP contribution in [0.4, 0.5) is 4.39 Å². The van der Waals surface area contributed by atoms with Crippen LogP contribution in [0.2, 0.25) is 0 Å². The van der Waals surface area contributed by atoms with Crippen LogP contribution in [0.3, 0.4) is 0 Å². The molecule has 3 spiro atoms. The largest absolute Gasteiger partial charge is 0.368 e. The zero-order valence-corrected chi connectivity index (χ0v) is 61.5. The predicted molar refractivity (Wildman–Crippen MR) is 389 cm³/mol. The number of benzene rings is 3. The van der Waals surface area contributed by atoms with Gasteiger partial charge in [-0.2, -0.15) is 5.10 Å². The van der Waals surface area contributed by atoms with Crippen molar-refractivity contribution < 1.29 is 31.2 Å². The van der Waals surface area contributed by atoms with Gasteiger partial charge in [0.1, 0.15) is 23.7 Å². The molecule has 3 aliphatic carbocycles. The number of likely N-dealkylation sites (N-methyl/N-ethyl adjacent to an activating group) is 1. The van der Waals surface area contributed by atoms with E-state index in [4.69, 9.17) is 4.74 Å². The fourth-order valence-electron chi connectivity index (χ4n) is 17.3. The van der Waals surface area contributed by atoms with Crippen molar-refractivity contribution in [1.29, 1.82) is 0 Å².